The molecular formula is C18H19F2N3O2. The highest BCUT2D eigenvalue weighted by Crippen LogP contribution is 2.49. The van der Waals surface area contributed by atoms with Crippen molar-refractivity contribution in [3.8, 4) is 0 Å². The minimum absolute atomic E-state index is 0.0404. The number of halogens is 2. The number of carbonyl (C=O) groups excluding carboxylic acids is 1. The topological polar surface area (TPSA) is 59.2 Å². The van der Waals surface area contributed by atoms with Crippen LogP contribution in [0.25, 0.3) is 0 Å². The summed E-state index contributed by atoms with van der Waals surface area (Å²) in [6.45, 7) is 3.00. The Morgan fingerprint density at radius 2 is 2.20 bits per heavy atom. The van der Waals surface area contributed by atoms with E-state index >= 15 is 0 Å². The standard InChI is InChI=1S/C18H19F2N3O2/c1-10-21-17(22-25-10)11-3-2-6-23(9-11)18(24)15-8-14(15)13-5-4-12(19)7-16(13)20/h4-5,7,11,14-15H,2-3,6,8-9H2,1H3/t11-,14-,15-/m1/s1. The summed E-state index contributed by atoms with van der Waals surface area (Å²) in [5.41, 5.74) is 0.433. The SMILES string of the molecule is Cc1nc([C@@H]2CCCN(C(=O)[C@@H]3C[C@@H]3c3ccc(F)cc3F)C2)no1. The van der Waals surface area contributed by atoms with Gasteiger partial charge in [0.25, 0.3) is 0 Å². The van der Waals surface area contributed by atoms with Gasteiger partial charge >= 0.3 is 0 Å². The van der Waals surface area contributed by atoms with E-state index < -0.39 is 11.6 Å². The molecule has 1 aromatic heterocycles. The number of hydrogen-bond acceptors (Lipinski definition) is 4. The molecule has 7 heteroatoms. The molecule has 1 aliphatic carbocycles. The van der Waals surface area contributed by atoms with Crippen LogP contribution < -0.4 is 0 Å². The monoisotopic (exact) mass is 347 g/mol. The van der Waals surface area contributed by atoms with Crippen LogP contribution in [-0.2, 0) is 4.79 Å². The summed E-state index contributed by atoms with van der Waals surface area (Å²) in [7, 11) is 0. The van der Waals surface area contributed by atoms with E-state index in [1.165, 1.54) is 12.1 Å². The van der Waals surface area contributed by atoms with Gasteiger partial charge in [-0.25, -0.2) is 8.78 Å². The molecule has 5 nitrogen and oxygen atoms in total. The van der Waals surface area contributed by atoms with E-state index in [2.05, 4.69) is 10.1 Å². The van der Waals surface area contributed by atoms with Gasteiger partial charge in [-0.05, 0) is 36.8 Å². The molecule has 1 aliphatic heterocycles. The van der Waals surface area contributed by atoms with E-state index in [1.54, 1.807) is 6.92 Å². The van der Waals surface area contributed by atoms with Crippen molar-refractivity contribution in [3.63, 3.8) is 0 Å². The van der Waals surface area contributed by atoms with Gasteiger partial charge in [-0.3, -0.25) is 4.79 Å². The molecule has 2 heterocycles. The maximum atomic E-state index is 13.9. The third-order valence-electron chi connectivity index (χ3n) is 5.11. The molecule has 2 aromatic rings. The quantitative estimate of drug-likeness (QED) is 0.856. The Morgan fingerprint density at radius 3 is 2.92 bits per heavy atom. The summed E-state index contributed by atoms with van der Waals surface area (Å²) in [5.74, 6) is -0.252. The molecule has 1 saturated carbocycles. The van der Waals surface area contributed by atoms with Crippen molar-refractivity contribution >= 4 is 5.91 Å². The largest absolute Gasteiger partial charge is 0.342 e. The molecule has 4 rings (SSSR count). The van der Waals surface area contributed by atoms with E-state index in [1.807, 2.05) is 4.90 Å². The fourth-order valence-electron chi connectivity index (χ4n) is 3.72. The van der Waals surface area contributed by atoms with Crippen LogP contribution in [0.3, 0.4) is 0 Å². The number of amides is 1. The fraction of sp³-hybridized carbons (Fsp3) is 0.500. The predicted molar refractivity (Wildman–Crippen MR) is 84.8 cm³/mol. The van der Waals surface area contributed by atoms with Gasteiger partial charge in [0, 0.05) is 37.9 Å². The lowest BCUT2D eigenvalue weighted by Crippen LogP contribution is -2.40. The van der Waals surface area contributed by atoms with Crippen LogP contribution in [0.15, 0.2) is 22.7 Å². The Bertz CT molecular complexity index is 807. The predicted octanol–water partition coefficient (Wildman–Crippen LogP) is 3.17. The van der Waals surface area contributed by atoms with Crippen LogP contribution in [0.4, 0.5) is 8.78 Å². The number of aromatic nitrogens is 2. The van der Waals surface area contributed by atoms with Crippen molar-refractivity contribution in [2.24, 2.45) is 5.92 Å². The number of rotatable bonds is 3. The molecule has 0 bridgehead atoms. The molecule has 0 radical (unpaired) electrons. The van der Waals surface area contributed by atoms with Crippen molar-refractivity contribution in [3.05, 3.63) is 47.1 Å². The molecule has 0 spiro atoms. The molecule has 1 aromatic carbocycles. The summed E-state index contributed by atoms with van der Waals surface area (Å²) in [4.78, 5) is 18.9. The first-order valence-electron chi connectivity index (χ1n) is 8.57. The smallest absolute Gasteiger partial charge is 0.226 e. The van der Waals surface area contributed by atoms with Crippen LogP contribution in [0.5, 0.6) is 0 Å². The first-order chi connectivity index (χ1) is 12.0. The van der Waals surface area contributed by atoms with E-state index in [0.29, 0.717) is 36.8 Å². The van der Waals surface area contributed by atoms with E-state index in [-0.39, 0.29) is 23.7 Å². The van der Waals surface area contributed by atoms with Crippen molar-refractivity contribution in [1.82, 2.24) is 15.0 Å². The van der Waals surface area contributed by atoms with Gasteiger partial charge in [-0.1, -0.05) is 11.2 Å². The molecule has 0 unspecified atom stereocenters. The highest BCUT2D eigenvalue weighted by Gasteiger charge is 2.47. The molecular weight excluding hydrogens is 328 g/mol. The first kappa shape index (κ1) is 16.2. The number of aryl methyl sites for hydroxylation is 1. The van der Waals surface area contributed by atoms with Crippen molar-refractivity contribution in [1.29, 1.82) is 0 Å². The molecule has 2 fully saturated rings. The van der Waals surface area contributed by atoms with Crippen molar-refractivity contribution in [2.75, 3.05) is 13.1 Å². The average Bonchev–Trinajstić information content (AvgIpc) is 3.26. The summed E-state index contributed by atoms with van der Waals surface area (Å²) in [5, 5.41) is 3.97. The second-order valence-corrected chi connectivity index (χ2v) is 6.91. The Morgan fingerprint density at radius 1 is 1.36 bits per heavy atom. The molecule has 1 saturated heterocycles. The highest BCUT2D eigenvalue weighted by atomic mass is 19.1. The van der Waals surface area contributed by atoms with Gasteiger partial charge in [-0.2, -0.15) is 4.98 Å². The number of piperidine rings is 1. The lowest BCUT2D eigenvalue weighted by Gasteiger charge is -2.31. The second kappa shape index (κ2) is 6.20. The first-order valence-corrected chi connectivity index (χ1v) is 8.57. The van der Waals surface area contributed by atoms with Gasteiger partial charge in [0.2, 0.25) is 11.8 Å². The Kier molecular flexibility index (Phi) is 4.01. The zero-order valence-electron chi connectivity index (χ0n) is 13.9. The Hall–Kier alpha value is -2.31. The van der Waals surface area contributed by atoms with Crippen LogP contribution in [0.2, 0.25) is 0 Å². The number of benzene rings is 1. The van der Waals surface area contributed by atoms with E-state index in [0.717, 1.165) is 18.9 Å². The Labute approximate surface area is 144 Å². The zero-order chi connectivity index (χ0) is 17.6. The normalized spacial score (nSPS) is 25.9. The lowest BCUT2D eigenvalue weighted by atomic mass is 9.96. The molecule has 0 N–H and O–H groups in total. The van der Waals surface area contributed by atoms with Gasteiger partial charge in [0.1, 0.15) is 11.6 Å². The number of hydrogen-bond donors (Lipinski definition) is 0. The summed E-state index contributed by atoms with van der Waals surface area (Å²) >= 11 is 0. The number of nitrogens with zero attached hydrogens (tertiary/aromatic N) is 3. The van der Waals surface area contributed by atoms with E-state index in [9.17, 15) is 13.6 Å². The summed E-state index contributed by atoms with van der Waals surface area (Å²) in [6, 6.07) is 3.57. The van der Waals surface area contributed by atoms with Gasteiger partial charge in [0.05, 0.1) is 0 Å². The third kappa shape index (κ3) is 3.15. The van der Waals surface area contributed by atoms with Crippen LogP contribution in [-0.4, -0.2) is 34.0 Å². The van der Waals surface area contributed by atoms with Crippen molar-refractivity contribution < 1.29 is 18.1 Å². The van der Waals surface area contributed by atoms with Crippen LogP contribution in [0.1, 0.15) is 48.4 Å². The molecule has 3 atom stereocenters. The second-order valence-electron chi connectivity index (χ2n) is 6.91. The lowest BCUT2D eigenvalue weighted by molar-refractivity contribution is -0.133. The summed E-state index contributed by atoms with van der Waals surface area (Å²) < 4.78 is 32.0. The van der Waals surface area contributed by atoms with Crippen LogP contribution >= 0.6 is 0 Å². The Balaban J connectivity index is 1.43. The highest BCUT2D eigenvalue weighted by molar-refractivity contribution is 5.83. The van der Waals surface area contributed by atoms with Gasteiger partial charge in [-0.15, -0.1) is 0 Å². The average molecular weight is 347 g/mol. The summed E-state index contributed by atoms with van der Waals surface area (Å²) in [6.07, 6.45) is 2.42. The minimum atomic E-state index is -0.598. The fourth-order valence-corrected chi connectivity index (χ4v) is 3.72. The molecule has 25 heavy (non-hydrogen) atoms. The maximum Gasteiger partial charge on any atom is 0.226 e. The van der Waals surface area contributed by atoms with Crippen LogP contribution in [0, 0.1) is 24.5 Å². The molecule has 1 amide bonds. The van der Waals surface area contributed by atoms with Gasteiger partial charge < -0.3 is 9.42 Å². The maximum absolute atomic E-state index is 13.9. The van der Waals surface area contributed by atoms with Crippen molar-refractivity contribution in [2.45, 2.75) is 38.0 Å². The number of likely N-dealkylation sites (tertiary alicyclic amines) is 1. The number of carbonyl (C=O) groups is 1. The molecule has 2 aliphatic rings. The minimum Gasteiger partial charge on any atom is -0.342 e. The van der Waals surface area contributed by atoms with E-state index in [4.69, 9.17) is 4.52 Å². The third-order valence-corrected chi connectivity index (χ3v) is 5.11. The molecule has 132 valence electrons. The zero-order valence-corrected chi connectivity index (χ0v) is 13.9. The van der Waals surface area contributed by atoms with Gasteiger partial charge in [0.15, 0.2) is 5.82 Å².